The zero-order valence-corrected chi connectivity index (χ0v) is 29.8. The predicted octanol–water partition coefficient (Wildman–Crippen LogP) is 15.7. The quantitative estimate of drug-likeness (QED) is 0.162. The first-order chi connectivity index (χ1) is 25.8. The maximum atomic E-state index is 2.35. The van der Waals surface area contributed by atoms with Crippen LogP contribution in [0.3, 0.4) is 0 Å². The van der Waals surface area contributed by atoms with E-state index in [0.29, 0.717) is 0 Å². The summed E-state index contributed by atoms with van der Waals surface area (Å²) in [6.45, 7) is 0. The number of fused-ring (bicyclic) bond motifs is 6. The predicted molar refractivity (Wildman–Crippen MR) is 234 cm³/mol. The third-order valence-electron chi connectivity index (χ3n) is 9.85. The molecule has 2 nitrogen and oxygen atoms in total. The fourth-order valence-electron chi connectivity index (χ4n) is 7.36. The molecule has 0 aliphatic rings. The Morgan fingerprint density at radius 3 is 1.00 bits per heavy atom. The average molecular weight is 717 g/mol. The Labute approximate surface area is 318 Å². The lowest BCUT2D eigenvalue weighted by molar-refractivity contribution is 1.29. The second kappa shape index (κ2) is 13.7. The summed E-state index contributed by atoms with van der Waals surface area (Å²) in [6.07, 6.45) is 0. The van der Waals surface area contributed by atoms with Crippen molar-refractivity contribution in [2.24, 2.45) is 0 Å². The number of nitrogens with zero attached hydrogens (tertiary/aromatic N) is 2. The van der Waals surface area contributed by atoms with E-state index in [1.807, 2.05) is 22.7 Å². The normalized spacial score (nSPS) is 11.2. The summed E-state index contributed by atoms with van der Waals surface area (Å²) in [5, 5.41) is 5.21. The molecule has 0 bridgehead atoms. The van der Waals surface area contributed by atoms with E-state index in [-0.39, 0.29) is 7.43 Å². The zero-order chi connectivity index (χ0) is 34.4. The van der Waals surface area contributed by atoms with Crippen molar-refractivity contribution in [2.45, 2.75) is 7.43 Å². The molecule has 0 amide bonds. The molecule has 2 heterocycles. The molecule has 0 saturated carbocycles. The molecule has 0 unspecified atom stereocenters. The highest BCUT2D eigenvalue weighted by Gasteiger charge is 2.17. The molecule has 0 N–H and O–H groups in total. The second-order valence-corrected chi connectivity index (χ2v) is 15.2. The number of rotatable bonds is 7. The van der Waals surface area contributed by atoms with Gasteiger partial charge in [-0.05, 0) is 108 Å². The minimum absolute atomic E-state index is 0. The lowest BCUT2D eigenvalue weighted by atomic mass is 10.0. The smallest absolute Gasteiger partial charge is 0.0468 e. The summed E-state index contributed by atoms with van der Waals surface area (Å²) in [5.41, 5.74) is 9.17. The van der Waals surface area contributed by atoms with Crippen LogP contribution < -0.4 is 9.80 Å². The summed E-state index contributed by atoms with van der Waals surface area (Å²) in [4.78, 5) is 4.70. The van der Waals surface area contributed by atoms with Crippen LogP contribution in [0.5, 0.6) is 0 Å². The number of thiophene rings is 2. The topological polar surface area (TPSA) is 6.48 Å². The first-order valence-electron chi connectivity index (χ1n) is 17.5. The highest BCUT2D eigenvalue weighted by atomic mass is 32.1. The molecule has 10 rings (SSSR count). The standard InChI is InChI=1S/C48H32N2S2.CH4/c1-3-11-35(12-4-1)49(39-27-29-47-43(31-39)41-15-7-9-17-45(41)51-47)37-23-19-33(20-24-37)34-21-25-38(26-22-34)50(36-13-5-2-6-14-36)40-28-30-48-44(32-40)42-16-8-10-18-46(42)52-48;/h1-32H;1H4. The third-order valence-corrected chi connectivity index (χ3v) is 12.2. The van der Waals surface area contributed by atoms with Crippen LogP contribution in [0.4, 0.5) is 34.1 Å². The van der Waals surface area contributed by atoms with Crippen LogP contribution in [-0.4, -0.2) is 0 Å². The van der Waals surface area contributed by atoms with E-state index in [9.17, 15) is 0 Å². The molecule has 0 saturated heterocycles. The Balaban J connectivity index is 0.00000372. The molecule has 0 atom stereocenters. The van der Waals surface area contributed by atoms with Gasteiger partial charge in [-0.1, -0.05) is 104 Å². The highest BCUT2D eigenvalue weighted by Crippen LogP contribution is 2.43. The molecular formula is C49H36N2S2. The van der Waals surface area contributed by atoms with Gasteiger partial charge < -0.3 is 9.80 Å². The van der Waals surface area contributed by atoms with E-state index >= 15 is 0 Å². The van der Waals surface area contributed by atoms with Crippen LogP contribution in [0.1, 0.15) is 7.43 Å². The van der Waals surface area contributed by atoms with Crippen LogP contribution in [0, 0.1) is 0 Å². The van der Waals surface area contributed by atoms with Gasteiger partial charge in [0.1, 0.15) is 0 Å². The summed E-state index contributed by atoms with van der Waals surface area (Å²) in [6, 6.07) is 70.3. The van der Waals surface area contributed by atoms with Crippen molar-refractivity contribution >= 4 is 97.1 Å². The molecule has 2 aromatic heterocycles. The summed E-state index contributed by atoms with van der Waals surface area (Å²) in [7, 11) is 0. The lowest BCUT2D eigenvalue weighted by Gasteiger charge is -2.26. The molecule has 0 radical (unpaired) electrons. The molecule has 0 aliphatic heterocycles. The number of benzene rings is 8. The lowest BCUT2D eigenvalue weighted by Crippen LogP contribution is -2.10. The number of para-hydroxylation sites is 2. The van der Waals surface area contributed by atoms with Crippen LogP contribution in [-0.2, 0) is 0 Å². The van der Waals surface area contributed by atoms with E-state index in [1.165, 1.54) is 51.5 Å². The van der Waals surface area contributed by atoms with E-state index in [0.717, 1.165) is 34.1 Å². The van der Waals surface area contributed by atoms with E-state index in [2.05, 4.69) is 204 Å². The molecule has 0 aliphatic carbocycles. The number of hydrogen-bond acceptors (Lipinski definition) is 4. The number of hydrogen-bond donors (Lipinski definition) is 0. The van der Waals surface area contributed by atoms with Crippen molar-refractivity contribution in [3.63, 3.8) is 0 Å². The minimum atomic E-state index is 0. The monoisotopic (exact) mass is 716 g/mol. The summed E-state index contributed by atoms with van der Waals surface area (Å²) in [5.74, 6) is 0. The van der Waals surface area contributed by atoms with Gasteiger partial charge in [0, 0.05) is 74.5 Å². The maximum Gasteiger partial charge on any atom is 0.0468 e. The molecule has 4 heteroatoms. The van der Waals surface area contributed by atoms with Gasteiger partial charge in [-0.25, -0.2) is 0 Å². The van der Waals surface area contributed by atoms with Crippen LogP contribution in [0.15, 0.2) is 194 Å². The summed E-state index contributed by atoms with van der Waals surface area (Å²) < 4.78 is 5.26. The Hall–Kier alpha value is -6.20. The van der Waals surface area contributed by atoms with Crippen LogP contribution in [0.2, 0.25) is 0 Å². The minimum Gasteiger partial charge on any atom is -0.310 e. The Morgan fingerprint density at radius 2 is 0.585 bits per heavy atom. The van der Waals surface area contributed by atoms with Crippen molar-refractivity contribution in [1.29, 1.82) is 0 Å². The highest BCUT2D eigenvalue weighted by molar-refractivity contribution is 7.26. The number of anilines is 6. The molecule has 8 aromatic carbocycles. The Bertz CT molecular complexity index is 2640. The molecular weight excluding hydrogens is 681 g/mol. The van der Waals surface area contributed by atoms with Crippen molar-refractivity contribution in [1.82, 2.24) is 0 Å². The van der Waals surface area contributed by atoms with Crippen molar-refractivity contribution in [2.75, 3.05) is 9.80 Å². The fraction of sp³-hybridized carbons (Fsp3) is 0.0204. The van der Waals surface area contributed by atoms with Gasteiger partial charge >= 0.3 is 0 Å². The first kappa shape index (κ1) is 32.7. The van der Waals surface area contributed by atoms with Gasteiger partial charge in [0.25, 0.3) is 0 Å². The van der Waals surface area contributed by atoms with Gasteiger partial charge in [0.15, 0.2) is 0 Å². The summed E-state index contributed by atoms with van der Waals surface area (Å²) >= 11 is 3.71. The largest absolute Gasteiger partial charge is 0.310 e. The second-order valence-electron chi connectivity index (χ2n) is 13.0. The Kier molecular flexibility index (Phi) is 8.47. The zero-order valence-electron chi connectivity index (χ0n) is 28.2. The fourth-order valence-corrected chi connectivity index (χ4v) is 9.53. The third kappa shape index (κ3) is 5.92. The van der Waals surface area contributed by atoms with E-state index < -0.39 is 0 Å². The van der Waals surface area contributed by atoms with Crippen molar-refractivity contribution in [3.8, 4) is 11.1 Å². The SMILES string of the molecule is C.c1ccc(N(c2ccc(-c3ccc(N(c4ccccc4)c4ccc5sc6ccccc6c5c4)cc3)cc2)c2ccc3sc4ccccc4c3c2)cc1. The molecule has 10 aromatic rings. The van der Waals surface area contributed by atoms with Gasteiger partial charge in [-0.2, -0.15) is 0 Å². The van der Waals surface area contributed by atoms with Crippen LogP contribution >= 0.6 is 22.7 Å². The van der Waals surface area contributed by atoms with E-state index in [4.69, 9.17) is 0 Å². The van der Waals surface area contributed by atoms with Gasteiger partial charge in [-0.15, -0.1) is 22.7 Å². The molecule has 0 fully saturated rings. The average Bonchev–Trinajstić information content (AvgIpc) is 3.77. The van der Waals surface area contributed by atoms with Crippen LogP contribution in [0.25, 0.3) is 51.5 Å². The van der Waals surface area contributed by atoms with Gasteiger partial charge in [0.05, 0.1) is 0 Å². The van der Waals surface area contributed by atoms with Crippen molar-refractivity contribution < 1.29 is 0 Å². The van der Waals surface area contributed by atoms with Gasteiger partial charge in [0.2, 0.25) is 0 Å². The molecule has 254 valence electrons. The van der Waals surface area contributed by atoms with Gasteiger partial charge in [-0.3, -0.25) is 0 Å². The maximum absolute atomic E-state index is 2.35. The first-order valence-corrected chi connectivity index (χ1v) is 19.1. The molecule has 53 heavy (non-hydrogen) atoms. The van der Waals surface area contributed by atoms with E-state index in [1.54, 1.807) is 0 Å². The molecule has 0 spiro atoms. The van der Waals surface area contributed by atoms with Crippen molar-refractivity contribution in [3.05, 3.63) is 194 Å². The Morgan fingerprint density at radius 1 is 0.264 bits per heavy atom.